The van der Waals surface area contributed by atoms with E-state index in [9.17, 15) is 0 Å². The highest BCUT2D eigenvalue weighted by atomic mass is 32.1. The minimum absolute atomic E-state index is 0.764. The third kappa shape index (κ3) is 3.26. The summed E-state index contributed by atoms with van der Waals surface area (Å²) in [6.07, 6.45) is 2.46. The molecule has 1 aromatic rings. The van der Waals surface area contributed by atoms with Crippen LogP contribution in [0.15, 0.2) is 0 Å². The number of hydrogen-bond donors (Lipinski definition) is 0. The predicted molar refractivity (Wildman–Crippen MR) is 82.2 cm³/mol. The van der Waals surface area contributed by atoms with Gasteiger partial charge in [0.1, 0.15) is 0 Å². The quantitative estimate of drug-likeness (QED) is 0.722. The Morgan fingerprint density at radius 3 is 2.00 bits per heavy atom. The molecule has 0 aliphatic heterocycles. The summed E-state index contributed by atoms with van der Waals surface area (Å²) < 4.78 is 1.70. The molecule has 0 bridgehead atoms. The average Bonchev–Trinajstić information content (AvgIpc) is 2.22. The summed E-state index contributed by atoms with van der Waals surface area (Å²) in [6.45, 7) is 5.56. The van der Waals surface area contributed by atoms with E-state index in [1.165, 1.54) is 12.8 Å². The van der Waals surface area contributed by atoms with Crippen molar-refractivity contribution in [3.05, 3.63) is 9.02 Å². The van der Waals surface area contributed by atoms with Crippen molar-refractivity contribution in [3.8, 4) is 0 Å². The van der Waals surface area contributed by atoms with Gasteiger partial charge in [0.05, 0.1) is 20.4 Å². The fraction of sp³-hybridized carbons (Fsp3) is 0.692. The summed E-state index contributed by atoms with van der Waals surface area (Å²) in [5, 5.41) is 0. The van der Waals surface area contributed by atoms with Gasteiger partial charge >= 0.3 is 0 Å². The number of rotatable bonds is 6. The highest BCUT2D eigenvalue weighted by molar-refractivity contribution is 7.74. The molecule has 0 heterocycles. The van der Waals surface area contributed by atoms with E-state index < -0.39 is 0 Å². The van der Waals surface area contributed by atoms with Crippen LogP contribution in [0.2, 0.25) is 0 Å². The van der Waals surface area contributed by atoms with E-state index in [-0.39, 0.29) is 0 Å². The van der Waals surface area contributed by atoms with Crippen LogP contribution in [0.3, 0.4) is 0 Å². The molecule has 0 aromatic heterocycles. The Kier molecular flexibility index (Phi) is 5.07. The number of nitrogens with zero attached hydrogens (tertiary/aromatic N) is 2. The normalized spacial score (nSPS) is 11.2. The molecular weight excluding hydrogens is 248 g/mol. The van der Waals surface area contributed by atoms with E-state index in [0.717, 1.165) is 32.9 Å². The van der Waals surface area contributed by atoms with Crippen LogP contribution >= 0.6 is 24.4 Å². The van der Waals surface area contributed by atoms with Crippen LogP contribution < -0.4 is 9.80 Å². The Balaban J connectivity index is 2.70. The van der Waals surface area contributed by atoms with Crippen molar-refractivity contribution >= 4 is 35.8 Å². The van der Waals surface area contributed by atoms with Gasteiger partial charge in [-0.05, 0) is 18.8 Å². The van der Waals surface area contributed by atoms with Crippen LogP contribution in [0.5, 0.6) is 0 Å². The van der Waals surface area contributed by atoms with Gasteiger partial charge in [-0.1, -0.05) is 38.3 Å². The lowest BCUT2D eigenvalue weighted by molar-refractivity contribution is 0.555. The lowest BCUT2D eigenvalue weighted by Gasteiger charge is -2.29. The first-order valence-corrected chi connectivity index (χ1v) is 6.89. The molecule has 0 saturated heterocycles. The summed E-state index contributed by atoms with van der Waals surface area (Å²) in [5.74, 6) is 0.764. The van der Waals surface area contributed by atoms with Crippen LogP contribution in [0.4, 0.5) is 11.4 Å². The van der Waals surface area contributed by atoms with Crippen molar-refractivity contribution in [3.63, 3.8) is 0 Å². The Bertz CT molecular complexity index is 442. The first kappa shape index (κ1) is 14.6. The average molecular weight is 270 g/mol. The Hall–Kier alpha value is -0.480. The van der Waals surface area contributed by atoms with E-state index in [2.05, 4.69) is 30.7 Å². The van der Waals surface area contributed by atoms with Gasteiger partial charge in [0.2, 0.25) is 0 Å². The maximum atomic E-state index is 5.33. The van der Waals surface area contributed by atoms with Crippen LogP contribution in [-0.2, 0) is 0 Å². The molecular formula is C13H22N2S2. The van der Waals surface area contributed by atoms with Gasteiger partial charge in [0.15, 0.2) is 0 Å². The first-order valence-electron chi connectivity index (χ1n) is 6.08. The molecule has 0 radical (unpaired) electrons. The fourth-order valence-electron chi connectivity index (χ4n) is 1.99. The van der Waals surface area contributed by atoms with Gasteiger partial charge in [0.25, 0.3) is 0 Å². The molecule has 0 saturated carbocycles. The maximum Gasteiger partial charge on any atom is 0.0834 e. The van der Waals surface area contributed by atoms with E-state index >= 15 is 0 Å². The summed E-state index contributed by atoms with van der Waals surface area (Å²) in [4.78, 5) is 4.31. The minimum Gasteiger partial charge on any atom is -0.375 e. The first-order chi connectivity index (χ1) is 7.86. The Morgan fingerprint density at radius 1 is 1.00 bits per heavy atom. The summed E-state index contributed by atoms with van der Waals surface area (Å²) in [7, 11) is 6.14. The summed E-state index contributed by atoms with van der Waals surface area (Å²) in [5.41, 5.74) is 2.27. The zero-order valence-electron chi connectivity index (χ0n) is 11.4. The van der Waals surface area contributed by atoms with Crippen molar-refractivity contribution < 1.29 is 0 Å². The molecule has 0 unspecified atom stereocenters. The van der Waals surface area contributed by atoms with E-state index in [1.807, 2.05) is 14.1 Å². The highest BCUT2D eigenvalue weighted by Crippen LogP contribution is 2.37. The lowest BCUT2D eigenvalue weighted by Crippen LogP contribution is -2.25. The van der Waals surface area contributed by atoms with Crippen molar-refractivity contribution in [2.75, 3.05) is 37.5 Å². The molecule has 0 atom stereocenters. The second-order valence-corrected chi connectivity index (χ2v) is 6.02. The molecule has 4 heteroatoms. The Morgan fingerprint density at radius 2 is 1.53 bits per heavy atom. The topological polar surface area (TPSA) is 6.48 Å². The van der Waals surface area contributed by atoms with Gasteiger partial charge in [-0.25, -0.2) is 0 Å². The van der Waals surface area contributed by atoms with E-state index in [4.69, 9.17) is 24.4 Å². The molecule has 0 amide bonds. The molecule has 1 rings (SSSR count). The molecule has 0 aliphatic carbocycles. The summed E-state index contributed by atoms with van der Waals surface area (Å²) in [6, 6.07) is 0. The van der Waals surface area contributed by atoms with Gasteiger partial charge in [-0.2, -0.15) is 0 Å². The third-order valence-electron chi connectivity index (χ3n) is 2.96. The molecule has 0 spiro atoms. The second-order valence-electron chi connectivity index (χ2n) is 5.21. The largest absolute Gasteiger partial charge is 0.375 e. The zero-order valence-corrected chi connectivity index (χ0v) is 13.0. The molecule has 0 N–H and O–H groups in total. The summed E-state index contributed by atoms with van der Waals surface area (Å²) >= 11 is 10.6. The standard InChI is InChI=1S/C13H22N2S2/c1-9(2)7-6-8-15(5)11-10(14(3)4)12(16)13(11)17/h9H,6-8H2,1-5H3. The maximum absolute atomic E-state index is 5.33. The van der Waals surface area contributed by atoms with Gasteiger partial charge in [-0.15, -0.1) is 0 Å². The van der Waals surface area contributed by atoms with Gasteiger partial charge in [0, 0.05) is 27.7 Å². The van der Waals surface area contributed by atoms with Crippen molar-refractivity contribution in [2.45, 2.75) is 26.7 Å². The van der Waals surface area contributed by atoms with Crippen molar-refractivity contribution in [1.82, 2.24) is 0 Å². The van der Waals surface area contributed by atoms with Crippen LogP contribution in [-0.4, -0.2) is 27.7 Å². The van der Waals surface area contributed by atoms with E-state index in [0.29, 0.717) is 0 Å². The number of anilines is 2. The smallest absolute Gasteiger partial charge is 0.0834 e. The predicted octanol–water partition coefficient (Wildman–Crippen LogP) is 3.96. The highest BCUT2D eigenvalue weighted by Gasteiger charge is 2.19. The lowest BCUT2D eigenvalue weighted by atomic mass is 10.1. The van der Waals surface area contributed by atoms with Crippen molar-refractivity contribution in [2.24, 2.45) is 5.92 Å². The van der Waals surface area contributed by atoms with Gasteiger partial charge < -0.3 is 9.80 Å². The molecule has 96 valence electrons. The molecule has 2 nitrogen and oxygen atoms in total. The minimum atomic E-state index is 0.764. The van der Waals surface area contributed by atoms with Gasteiger partial charge in [-0.3, -0.25) is 0 Å². The zero-order chi connectivity index (χ0) is 13.2. The Labute approximate surface area is 115 Å². The van der Waals surface area contributed by atoms with Crippen LogP contribution in [0.1, 0.15) is 26.7 Å². The SMILES string of the molecule is CC(C)CCCN(C)c1c(N(C)C)c(=S)c1=S. The molecule has 1 aromatic carbocycles. The molecule has 0 aliphatic rings. The third-order valence-corrected chi connectivity index (χ3v) is 3.89. The second kappa shape index (κ2) is 5.91. The number of hydrogen-bond acceptors (Lipinski definition) is 4. The van der Waals surface area contributed by atoms with Crippen LogP contribution in [0, 0.1) is 14.9 Å². The monoisotopic (exact) mass is 270 g/mol. The molecule has 0 fully saturated rings. The van der Waals surface area contributed by atoms with E-state index in [1.54, 1.807) is 0 Å². The molecule has 17 heavy (non-hydrogen) atoms. The van der Waals surface area contributed by atoms with Crippen LogP contribution in [0.25, 0.3) is 0 Å². The fourth-order valence-corrected chi connectivity index (χ4v) is 2.71. The van der Waals surface area contributed by atoms with Crippen molar-refractivity contribution in [1.29, 1.82) is 0 Å².